The van der Waals surface area contributed by atoms with Crippen LogP contribution in [0.4, 0.5) is 13.2 Å². The molecule has 5 aliphatic rings. The molecule has 1 saturated heterocycles. The van der Waals surface area contributed by atoms with Crippen molar-refractivity contribution in [3.8, 4) is 5.75 Å². The fraction of sp³-hybridized carbons (Fsp3) is 0.656. The monoisotopic (exact) mass is 649 g/mol. The number of phenols is 1. The van der Waals surface area contributed by atoms with Gasteiger partial charge in [-0.05, 0) is 81.1 Å². The summed E-state index contributed by atoms with van der Waals surface area (Å²) in [4.78, 5) is 70.0. The number of primary amides is 1. The first-order valence-electron chi connectivity index (χ1n) is 15.6. The molecule has 0 bridgehead atoms. The van der Waals surface area contributed by atoms with Gasteiger partial charge in [0.2, 0.25) is 5.91 Å². The molecule has 3 saturated carbocycles. The third-order valence-corrected chi connectivity index (χ3v) is 10.6. The number of ketones is 4. The number of Topliss-reactive ketones (excluding diaryl/α,β-unsaturated/α-hetero) is 4. The van der Waals surface area contributed by atoms with Crippen LogP contribution in [0.25, 0.3) is 0 Å². The molecule has 46 heavy (non-hydrogen) atoms. The molecule has 0 aromatic heterocycles. The van der Waals surface area contributed by atoms with Crippen LogP contribution < -0.4 is 5.73 Å². The van der Waals surface area contributed by atoms with Crippen LogP contribution in [0.5, 0.6) is 5.75 Å². The van der Waals surface area contributed by atoms with Crippen molar-refractivity contribution in [1.29, 1.82) is 0 Å². The highest BCUT2D eigenvalue weighted by Gasteiger charge is 2.69. The molecule has 0 spiro atoms. The molecule has 250 valence electrons. The number of phenolic OH excluding ortho intramolecular Hbond substituents is 1. The van der Waals surface area contributed by atoms with E-state index in [1.54, 1.807) is 0 Å². The second-order valence-corrected chi connectivity index (χ2v) is 13.9. The summed E-state index contributed by atoms with van der Waals surface area (Å²) in [7, 11) is 2.87. The standard InChI is InChI=1S/C32H38F3N3O8/c1-37(2)25-19-8-16-7-18-22(26(40)21(16)28(42)31(19,45)29(43)23(27(25)41)30(36)44)20(39)9-17(24(18)32(33,34)35)12-38(10-14-3-4-14)11-15-5-6-46-13-15/h9,14-16,19,21,23,25,39,45H,3-8,10-13H2,1-2H3,(H2,36,44)/t15?,16-,19-,21?,23?,25-,31-/m0/s1. The van der Waals surface area contributed by atoms with Crippen LogP contribution >= 0.6 is 0 Å². The number of likely N-dealkylation sites (N-methyl/N-ethyl adjacent to an activating group) is 1. The molecular weight excluding hydrogens is 611 g/mol. The van der Waals surface area contributed by atoms with E-state index < -0.39 is 99.4 Å². The summed E-state index contributed by atoms with van der Waals surface area (Å²) >= 11 is 0. The number of carbonyl (C=O) groups excluding carboxylic acids is 5. The summed E-state index contributed by atoms with van der Waals surface area (Å²) in [6.07, 6.45) is -2.95. The molecule has 1 heterocycles. The molecule has 1 aromatic carbocycles. The molecule has 1 aliphatic heterocycles. The maximum atomic E-state index is 15.0. The molecule has 6 rings (SSSR count). The number of hydrogen-bond donors (Lipinski definition) is 3. The van der Waals surface area contributed by atoms with E-state index in [-0.39, 0.29) is 24.4 Å². The Morgan fingerprint density at radius 1 is 1.09 bits per heavy atom. The zero-order valence-corrected chi connectivity index (χ0v) is 25.6. The number of fused-ring (bicyclic) bond motifs is 3. The number of aromatic hydroxyl groups is 1. The van der Waals surface area contributed by atoms with Crippen LogP contribution in [0.2, 0.25) is 0 Å². The number of nitrogens with two attached hydrogens (primary N) is 1. The van der Waals surface area contributed by atoms with E-state index in [1.807, 2.05) is 4.90 Å². The molecule has 4 fully saturated rings. The topological polar surface area (TPSA) is 168 Å². The van der Waals surface area contributed by atoms with Gasteiger partial charge in [-0.25, -0.2) is 0 Å². The smallest absolute Gasteiger partial charge is 0.417 e. The number of ether oxygens (including phenoxy) is 1. The number of halogens is 3. The SMILES string of the molecule is CN(C)[C@@H]1C(=O)C(C(N)=O)C(=O)[C@@]2(O)C(=O)C3C(=O)c4c(O)cc(CN(CC5CC5)CC5CCOC5)c(C(F)(F)F)c4C[C@H]3C[C@@H]12. The van der Waals surface area contributed by atoms with Crippen molar-refractivity contribution in [2.45, 2.75) is 56.5 Å². The van der Waals surface area contributed by atoms with E-state index in [4.69, 9.17) is 10.5 Å². The predicted octanol–water partition coefficient (Wildman–Crippen LogP) is 1.13. The van der Waals surface area contributed by atoms with Gasteiger partial charge >= 0.3 is 6.18 Å². The number of alkyl halides is 3. The number of amides is 1. The lowest BCUT2D eigenvalue weighted by Gasteiger charge is -2.52. The molecule has 3 unspecified atom stereocenters. The van der Waals surface area contributed by atoms with Crippen molar-refractivity contribution >= 4 is 29.0 Å². The largest absolute Gasteiger partial charge is 0.507 e. The Morgan fingerprint density at radius 3 is 2.33 bits per heavy atom. The number of hydrogen-bond acceptors (Lipinski definition) is 10. The zero-order valence-electron chi connectivity index (χ0n) is 25.6. The second kappa shape index (κ2) is 11.5. The average molecular weight is 650 g/mol. The highest BCUT2D eigenvalue weighted by Crippen LogP contribution is 2.53. The van der Waals surface area contributed by atoms with E-state index in [2.05, 4.69) is 0 Å². The third-order valence-electron chi connectivity index (χ3n) is 10.6. The van der Waals surface area contributed by atoms with E-state index in [0.29, 0.717) is 32.2 Å². The molecule has 7 atom stereocenters. The Balaban J connectivity index is 1.42. The Labute approximate surface area is 263 Å². The normalized spacial score (nSPS) is 33.0. The van der Waals surface area contributed by atoms with Gasteiger partial charge in [-0.3, -0.25) is 33.8 Å². The van der Waals surface area contributed by atoms with Crippen molar-refractivity contribution < 1.29 is 52.1 Å². The molecular formula is C32H38F3N3O8. The number of nitrogens with zero attached hydrogens (tertiary/aromatic N) is 2. The Kier molecular flexibility index (Phi) is 8.18. The van der Waals surface area contributed by atoms with Gasteiger partial charge in [0.15, 0.2) is 34.7 Å². The van der Waals surface area contributed by atoms with Crippen LogP contribution in [-0.4, -0.2) is 101 Å². The van der Waals surface area contributed by atoms with Crippen molar-refractivity contribution in [2.75, 3.05) is 40.4 Å². The van der Waals surface area contributed by atoms with Gasteiger partial charge in [0, 0.05) is 32.2 Å². The lowest BCUT2D eigenvalue weighted by molar-refractivity contribution is -0.181. The first-order chi connectivity index (χ1) is 21.5. The van der Waals surface area contributed by atoms with Gasteiger partial charge in [0.1, 0.15) is 5.75 Å². The Morgan fingerprint density at radius 2 is 1.76 bits per heavy atom. The summed E-state index contributed by atoms with van der Waals surface area (Å²) < 4.78 is 50.4. The molecule has 11 nitrogen and oxygen atoms in total. The number of benzene rings is 1. The van der Waals surface area contributed by atoms with Gasteiger partial charge in [-0.2, -0.15) is 13.2 Å². The highest BCUT2D eigenvalue weighted by molar-refractivity contribution is 6.32. The lowest BCUT2D eigenvalue weighted by atomic mass is 9.52. The van der Waals surface area contributed by atoms with E-state index in [0.717, 1.165) is 25.3 Å². The maximum absolute atomic E-state index is 15.0. The van der Waals surface area contributed by atoms with Crippen LogP contribution in [0.1, 0.15) is 52.7 Å². The number of rotatable bonds is 8. The summed E-state index contributed by atoms with van der Waals surface area (Å²) in [5, 5.41) is 22.8. The van der Waals surface area contributed by atoms with E-state index in [9.17, 15) is 47.4 Å². The third kappa shape index (κ3) is 5.26. The van der Waals surface area contributed by atoms with Gasteiger partial charge in [0.05, 0.1) is 29.7 Å². The summed E-state index contributed by atoms with van der Waals surface area (Å²) in [5.41, 5.74) is 0.0347. The van der Waals surface area contributed by atoms with Gasteiger partial charge in [-0.1, -0.05) is 0 Å². The summed E-state index contributed by atoms with van der Waals surface area (Å²) in [6, 6.07) is -0.412. The molecule has 0 radical (unpaired) electrons. The molecule has 14 heteroatoms. The first kappa shape index (κ1) is 32.7. The van der Waals surface area contributed by atoms with Crippen molar-refractivity contribution in [1.82, 2.24) is 9.80 Å². The Bertz CT molecular complexity index is 1500. The van der Waals surface area contributed by atoms with Crippen LogP contribution in [-0.2, 0) is 43.1 Å². The average Bonchev–Trinajstić information content (AvgIpc) is 3.60. The molecule has 1 amide bonds. The quantitative estimate of drug-likeness (QED) is 0.348. The van der Waals surface area contributed by atoms with Crippen molar-refractivity contribution in [2.24, 2.45) is 41.2 Å². The Hall–Kier alpha value is -3.20. The van der Waals surface area contributed by atoms with Crippen LogP contribution in [0, 0.1) is 35.5 Å². The second-order valence-electron chi connectivity index (χ2n) is 13.9. The summed E-state index contributed by atoms with van der Waals surface area (Å²) in [6.45, 7) is 2.09. The van der Waals surface area contributed by atoms with Crippen molar-refractivity contribution in [3.05, 3.63) is 28.3 Å². The number of carbonyl (C=O) groups is 5. The molecule has 1 aromatic rings. The van der Waals surface area contributed by atoms with Gasteiger partial charge in [-0.15, -0.1) is 0 Å². The minimum atomic E-state index is -4.92. The van der Waals surface area contributed by atoms with Crippen LogP contribution in [0.3, 0.4) is 0 Å². The molecule has 4 aliphatic carbocycles. The minimum absolute atomic E-state index is 0.119. The van der Waals surface area contributed by atoms with E-state index in [1.165, 1.54) is 19.0 Å². The fourth-order valence-electron chi connectivity index (χ4n) is 8.42. The highest BCUT2D eigenvalue weighted by atomic mass is 19.4. The van der Waals surface area contributed by atoms with Gasteiger partial charge < -0.3 is 20.7 Å². The summed E-state index contributed by atoms with van der Waals surface area (Å²) in [5.74, 6) is -12.8. The maximum Gasteiger partial charge on any atom is 0.417 e. The lowest BCUT2D eigenvalue weighted by Crippen LogP contribution is -2.74. The molecule has 4 N–H and O–H groups in total. The van der Waals surface area contributed by atoms with Crippen LogP contribution in [0.15, 0.2) is 6.07 Å². The van der Waals surface area contributed by atoms with Crippen molar-refractivity contribution in [3.63, 3.8) is 0 Å². The fourth-order valence-corrected chi connectivity index (χ4v) is 8.42. The number of aliphatic hydroxyl groups is 1. The van der Waals surface area contributed by atoms with E-state index >= 15 is 0 Å². The van der Waals surface area contributed by atoms with Gasteiger partial charge in [0.25, 0.3) is 0 Å². The predicted molar refractivity (Wildman–Crippen MR) is 153 cm³/mol. The zero-order chi connectivity index (χ0) is 33.5. The minimum Gasteiger partial charge on any atom is -0.507 e. The first-order valence-corrected chi connectivity index (χ1v) is 15.6.